The molecule has 11 heteroatoms. The van der Waals surface area contributed by atoms with Crippen molar-refractivity contribution in [2.75, 3.05) is 10.2 Å². The van der Waals surface area contributed by atoms with Crippen LogP contribution in [0.25, 0.3) is 11.3 Å². The van der Waals surface area contributed by atoms with E-state index in [0.717, 1.165) is 18.2 Å². The second-order valence-corrected chi connectivity index (χ2v) is 7.84. The Hall–Kier alpha value is -4.93. The van der Waals surface area contributed by atoms with Crippen LogP contribution in [0.2, 0.25) is 0 Å². The van der Waals surface area contributed by atoms with Crippen molar-refractivity contribution >= 4 is 29.3 Å². The number of pyridine rings is 2. The lowest BCUT2D eigenvalue weighted by Gasteiger charge is -2.22. The molecule has 0 aliphatic carbocycles. The lowest BCUT2D eigenvalue weighted by Crippen LogP contribution is -2.33. The molecule has 0 fully saturated rings. The second-order valence-electron chi connectivity index (χ2n) is 7.84. The number of nitrogens with zero attached hydrogens (tertiary/aromatic N) is 3. The molecule has 0 bridgehead atoms. The number of hydrogen-bond donors (Lipinski definition) is 2. The lowest BCUT2D eigenvalue weighted by molar-refractivity contribution is 0.155. The van der Waals surface area contributed by atoms with E-state index in [1.807, 2.05) is 0 Å². The maximum atomic E-state index is 15.0. The van der Waals surface area contributed by atoms with E-state index in [0.29, 0.717) is 16.2 Å². The molecular formula is C26H20F3N5O3. The molecule has 0 radical (unpaired) electrons. The van der Waals surface area contributed by atoms with Gasteiger partial charge in [0.1, 0.15) is 35.6 Å². The number of nitrogens with two attached hydrogens (primary N) is 1. The van der Waals surface area contributed by atoms with Gasteiger partial charge in [0.2, 0.25) is 0 Å². The standard InChI is InChI=1S/C26H20F3N5O3/c1-15-5-7-18(21(29)13-15)23-16(14-37-26(36)32-17-9-11-31-12-10-17)6-8-22(33-23)34(25(30)35)24-19(27)3-2-4-20(24)28/h2-13H,14H2,1H3,(H2,30,35)(H,31,32,36). The summed E-state index contributed by atoms with van der Waals surface area (Å²) in [6.07, 6.45) is 2.18. The molecule has 0 saturated heterocycles. The van der Waals surface area contributed by atoms with Gasteiger partial charge in [-0.3, -0.25) is 10.3 Å². The van der Waals surface area contributed by atoms with Gasteiger partial charge in [-0.25, -0.2) is 32.6 Å². The van der Waals surface area contributed by atoms with Crippen LogP contribution in [-0.2, 0) is 11.3 Å². The van der Waals surface area contributed by atoms with Crippen LogP contribution in [0.4, 0.5) is 40.0 Å². The number of primary amides is 1. The Morgan fingerprint density at radius 3 is 2.32 bits per heavy atom. The number of benzene rings is 2. The molecule has 188 valence electrons. The number of anilines is 3. The molecule has 0 saturated carbocycles. The summed E-state index contributed by atoms with van der Waals surface area (Å²) < 4.78 is 49.2. The molecule has 3 N–H and O–H groups in total. The van der Waals surface area contributed by atoms with E-state index < -0.39 is 35.3 Å². The molecule has 4 aromatic rings. The Morgan fingerprint density at radius 1 is 0.973 bits per heavy atom. The number of rotatable bonds is 6. The molecule has 2 heterocycles. The van der Waals surface area contributed by atoms with Crippen molar-refractivity contribution in [1.82, 2.24) is 9.97 Å². The SMILES string of the molecule is Cc1ccc(-c2nc(N(C(N)=O)c3c(F)cccc3F)ccc2COC(=O)Nc2ccncc2)c(F)c1. The van der Waals surface area contributed by atoms with Crippen LogP contribution in [-0.4, -0.2) is 22.1 Å². The van der Waals surface area contributed by atoms with Gasteiger partial charge in [-0.2, -0.15) is 0 Å². The highest BCUT2D eigenvalue weighted by Crippen LogP contribution is 2.33. The van der Waals surface area contributed by atoms with Crippen molar-refractivity contribution in [2.45, 2.75) is 13.5 Å². The Balaban J connectivity index is 1.74. The number of aryl methyl sites for hydroxylation is 1. The fourth-order valence-electron chi connectivity index (χ4n) is 3.54. The second kappa shape index (κ2) is 10.8. The average molecular weight is 507 g/mol. The third-order valence-corrected chi connectivity index (χ3v) is 5.24. The molecule has 0 aliphatic heterocycles. The first-order valence-electron chi connectivity index (χ1n) is 10.9. The quantitative estimate of drug-likeness (QED) is 0.341. The summed E-state index contributed by atoms with van der Waals surface area (Å²) in [5.41, 5.74) is 6.04. The fourth-order valence-corrected chi connectivity index (χ4v) is 3.54. The van der Waals surface area contributed by atoms with Gasteiger partial charge in [0, 0.05) is 29.2 Å². The first-order valence-corrected chi connectivity index (χ1v) is 10.9. The molecule has 0 aliphatic rings. The molecule has 0 unspecified atom stereocenters. The summed E-state index contributed by atoms with van der Waals surface area (Å²) in [7, 11) is 0. The third kappa shape index (κ3) is 5.67. The lowest BCUT2D eigenvalue weighted by atomic mass is 10.0. The van der Waals surface area contributed by atoms with Gasteiger partial charge < -0.3 is 10.5 Å². The monoisotopic (exact) mass is 507 g/mol. The van der Waals surface area contributed by atoms with Gasteiger partial charge >= 0.3 is 12.1 Å². The Morgan fingerprint density at radius 2 is 1.68 bits per heavy atom. The highest BCUT2D eigenvalue weighted by Gasteiger charge is 2.25. The number of carbonyl (C=O) groups is 2. The van der Waals surface area contributed by atoms with E-state index in [4.69, 9.17) is 10.5 Å². The largest absolute Gasteiger partial charge is 0.444 e. The zero-order chi connectivity index (χ0) is 26.5. The van der Waals surface area contributed by atoms with Crippen LogP contribution in [0.15, 0.2) is 73.1 Å². The van der Waals surface area contributed by atoms with E-state index in [1.165, 1.54) is 36.7 Å². The van der Waals surface area contributed by atoms with Crippen molar-refractivity contribution in [1.29, 1.82) is 0 Å². The summed E-state index contributed by atoms with van der Waals surface area (Å²) in [5, 5.41) is 2.52. The van der Waals surface area contributed by atoms with Crippen LogP contribution in [0.1, 0.15) is 11.1 Å². The van der Waals surface area contributed by atoms with Crippen LogP contribution in [0.3, 0.4) is 0 Å². The van der Waals surface area contributed by atoms with E-state index >= 15 is 0 Å². The van der Waals surface area contributed by atoms with Gasteiger partial charge in [-0.15, -0.1) is 0 Å². The molecule has 0 atom stereocenters. The van der Waals surface area contributed by atoms with Gasteiger partial charge in [0.05, 0.1) is 5.69 Å². The molecule has 0 spiro atoms. The number of urea groups is 1. The average Bonchev–Trinajstić information content (AvgIpc) is 2.86. The molecular weight excluding hydrogens is 487 g/mol. The van der Waals surface area contributed by atoms with Crippen LogP contribution >= 0.6 is 0 Å². The van der Waals surface area contributed by atoms with Crippen molar-refractivity contribution in [3.8, 4) is 11.3 Å². The predicted molar refractivity (Wildman–Crippen MR) is 130 cm³/mol. The first kappa shape index (κ1) is 25.2. The van der Waals surface area contributed by atoms with E-state index in [9.17, 15) is 22.8 Å². The van der Waals surface area contributed by atoms with Gasteiger partial charge in [-0.05, 0) is 61.0 Å². The number of hydrogen-bond acceptors (Lipinski definition) is 5. The smallest absolute Gasteiger partial charge is 0.411 e. The normalized spacial score (nSPS) is 10.6. The summed E-state index contributed by atoms with van der Waals surface area (Å²) in [5.74, 6) is -3.01. The fraction of sp³-hybridized carbons (Fsp3) is 0.0769. The number of amides is 3. The maximum absolute atomic E-state index is 15.0. The minimum Gasteiger partial charge on any atom is -0.444 e. The zero-order valence-electron chi connectivity index (χ0n) is 19.4. The number of para-hydroxylation sites is 1. The highest BCUT2D eigenvalue weighted by molar-refractivity contribution is 5.98. The number of aromatic nitrogens is 2. The summed E-state index contributed by atoms with van der Waals surface area (Å²) in [6, 6.07) is 12.0. The van der Waals surface area contributed by atoms with Gasteiger partial charge in [0.15, 0.2) is 0 Å². The molecule has 3 amide bonds. The van der Waals surface area contributed by atoms with Crippen molar-refractivity contribution in [3.05, 3.63) is 102 Å². The number of ether oxygens (including phenoxy) is 1. The van der Waals surface area contributed by atoms with Crippen molar-refractivity contribution in [3.63, 3.8) is 0 Å². The Bertz CT molecular complexity index is 1450. The number of nitrogens with one attached hydrogen (secondary N) is 1. The topological polar surface area (TPSA) is 110 Å². The summed E-state index contributed by atoms with van der Waals surface area (Å²) >= 11 is 0. The molecule has 37 heavy (non-hydrogen) atoms. The number of carbonyl (C=O) groups excluding carboxylic acids is 2. The van der Waals surface area contributed by atoms with Crippen LogP contribution in [0, 0.1) is 24.4 Å². The zero-order valence-corrected chi connectivity index (χ0v) is 19.4. The summed E-state index contributed by atoms with van der Waals surface area (Å²) in [4.78, 5) is 33.2. The predicted octanol–water partition coefficient (Wildman–Crippen LogP) is 5.83. The van der Waals surface area contributed by atoms with E-state index in [2.05, 4.69) is 15.3 Å². The summed E-state index contributed by atoms with van der Waals surface area (Å²) in [6.45, 7) is 1.36. The third-order valence-electron chi connectivity index (χ3n) is 5.24. The highest BCUT2D eigenvalue weighted by atomic mass is 19.1. The van der Waals surface area contributed by atoms with Gasteiger partial charge in [-0.1, -0.05) is 12.1 Å². The van der Waals surface area contributed by atoms with Gasteiger partial charge in [0.25, 0.3) is 0 Å². The molecule has 8 nitrogen and oxygen atoms in total. The van der Waals surface area contributed by atoms with E-state index in [-0.39, 0.29) is 29.2 Å². The Kier molecular flexibility index (Phi) is 7.33. The van der Waals surface area contributed by atoms with Crippen molar-refractivity contribution in [2.24, 2.45) is 5.73 Å². The minimum absolute atomic E-state index is 0.0130. The maximum Gasteiger partial charge on any atom is 0.411 e. The van der Waals surface area contributed by atoms with Crippen LogP contribution < -0.4 is 16.0 Å². The van der Waals surface area contributed by atoms with E-state index in [1.54, 1.807) is 25.1 Å². The number of halogens is 3. The first-order chi connectivity index (χ1) is 17.7. The molecule has 4 rings (SSSR count). The molecule has 2 aromatic heterocycles. The van der Waals surface area contributed by atoms with Crippen molar-refractivity contribution < 1.29 is 27.5 Å². The van der Waals surface area contributed by atoms with Crippen LogP contribution in [0.5, 0.6) is 0 Å². The Labute approximate surface area is 209 Å². The minimum atomic E-state index is -1.22. The molecule has 2 aromatic carbocycles.